The van der Waals surface area contributed by atoms with Gasteiger partial charge < -0.3 is 9.47 Å². The lowest BCUT2D eigenvalue weighted by molar-refractivity contribution is -0.138. The number of carbonyl (C=O) groups is 1. The van der Waals surface area contributed by atoms with E-state index in [1.807, 2.05) is 24.3 Å². The number of allylic oxidation sites excluding steroid dienone is 1. The second-order valence-corrected chi connectivity index (χ2v) is 10.1. The normalized spacial score (nSPS) is 15.2. The SMILES string of the molecule is C=CCOC(=O)C1=C(C)N=c2sc(=Cc3c(F)cccc3Cl)c(=O)n2C1c1ccc(OCCCCC)cc1. The van der Waals surface area contributed by atoms with Crippen molar-refractivity contribution in [2.45, 2.75) is 39.2 Å². The van der Waals surface area contributed by atoms with Crippen LogP contribution in [0.1, 0.15) is 50.3 Å². The van der Waals surface area contributed by atoms with Crippen LogP contribution < -0.4 is 19.6 Å². The summed E-state index contributed by atoms with van der Waals surface area (Å²) in [6.45, 7) is 8.06. The first-order chi connectivity index (χ1) is 18.3. The Morgan fingerprint density at radius 1 is 1.24 bits per heavy atom. The number of unbranched alkanes of at least 4 members (excludes halogenated alkanes) is 2. The molecule has 0 saturated carbocycles. The summed E-state index contributed by atoms with van der Waals surface area (Å²) in [5, 5.41) is 0.187. The molecule has 1 atom stereocenters. The van der Waals surface area contributed by atoms with Crippen LogP contribution in [0.25, 0.3) is 6.08 Å². The van der Waals surface area contributed by atoms with Crippen molar-refractivity contribution >= 4 is 35.0 Å². The summed E-state index contributed by atoms with van der Waals surface area (Å²) in [5.41, 5.74) is 1.05. The van der Waals surface area contributed by atoms with Crippen LogP contribution in [0.4, 0.5) is 4.39 Å². The average Bonchev–Trinajstić information content (AvgIpc) is 3.21. The highest BCUT2D eigenvalue weighted by Crippen LogP contribution is 2.32. The minimum Gasteiger partial charge on any atom is -0.494 e. The molecule has 6 nitrogen and oxygen atoms in total. The zero-order valence-corrected chi connectivity index (χ0v) is 22.8. The third-order valence-electron chi connectivity index (χ3n) is 6.06. The molecule has 4 rings (SSSR count). The maximum Gasteiger partial charge on any atom is 0.338 e. The summed E-state index contributed by atoms with van der Waals surface area (Å²) >= 11 is 7.30. The molecule has 2 aromatic carbocycles. The summed E-state index contributed by atoms with van der Waals surface area (Å²) in [5.74, 6) is -0.440. The van der Waals surface area contributed by atoms with E-state index >= 15 is 0 Å². The Balaban J connectivity index is 1.82. The number of ether oxygens (including phenoxy) is 2. The summed E-state index contributed by atoms with van der Waals surface area (Å²) < 4.78 is 27.4. The first kappa shape index (κ1) is 27.5. The van der Waals surface area contributed by atoms with Gasteiger partial charge in [0.05, 0.1) is 33.5 Å². The molecule has 9 heteroatoms. The van der Waals surface area contributed by atoms with Crippen molar-refractivity contribution < 1.29 is 18.7 Å². The number of hydrogen-bond acceptors (Lipinski definition) is 6. The fourth-order valence-corrected chi connectivity index (χ4v) is 5.42. The molecule has 0 saturated heterocycles. The quantitative estimate of drug-likeness (QED) is 0.193. The fourth-order valence-electron chi connectivity index (χ4n) is 4.18. The molecule has 0 amide bonds. The van der Waals surface area contributed by atoms with Gasteiger partial charge in [-0.2, -0.15) is 0 Å². The Morgan fingerprint density at radius 2 is 2.00 bits per heavy atom. The molecular formula is C29H28ClFN2O4S. The predicted octanol–water partition coefficient (Wildman–Crippen LogP) is 5.33. The minimum absolute atomic E-state index is 0.0169. The van der Waals surface area contributed by atoms with Crippen LogP contribution in [0.3, 0.4) is 0 Å². The van der Waals surface area contributed by atoms with Gasteiger partial charge in [-0.1, -0.05) is 73.6 Å². The van der Waals surface area contributed by atoms with Crippen molar-refractivity contribution in [1.29, 1.82) is 0 Å². The van der Waals surface area contributed by atoms with E-state index in [0.29, 0.717) is 28.4 Å². The number of thiazole rings is 1. The van der Waals surface area contributed by atoms with E-state index in [1.54, 1.807) is 13.0 Å². The lowest BCUT2D eigenvalue weighted by Gasteiger charge is -2.24. The van der Waals surface area contributed by atoms with Crippen LogP contribution in [0.5, 0.6) is 5.75 Å². The average molecular weight is 555 g/mol. The van der Waals surface area contributed by atoms with Crippen LogP contribution in [-0.4, -0.2) is 23.8 Å². The van der Waals surface area contributed by atoms with Crippen molar-refractivity contribution in [2.75, 3.05) is 13.2 Å². The van der Waals surface area contributed by atoms with E-state index in [0.717, 1.165) is 30.6 Å². The number of benzene rings is 2. The highest BCUT2D eigenvalue weighted by Gasteiger charge is 2.33. The molecule has 0 N–H and O–H groups in total. The molecule has 1 aromatic heterocycles. The van der Waals surface area contributed by atoms with E-state index in [1.165, 1.54) is 28.9 Å². The van der Waals surface area contributed by atoms with Gasteiger partial charge in [-0.25, -0.2) is 14.2 Å². The molecule has 0 radical (unpaired) electrons. The van der Waals surface area contributed by atoms with Crippen LogP contribution in [0.15, 0.2) is 76.2 Å². The molecule has 3 aromatic rings. The predicted molar refractivity (Wildman–Crippen MR) is 148 cm³/mol. The molecular weight excluding hydrogens is 527 g/mol. The topological polar surface area (TPSA) is 69.9 Å². The van der Waals surface area contributed by atoms with E-state index in [9.17, 15) is 14.0 Å². The molecule has 38 heavy (non-hydrogen) atoms. The lowest BCUT2D eigenvalue weighted by atomic mass is 9.96. The van der Waals surface area contributed by atoms with Crippen molar-refractivity contribution in [3.05, 3.63) is 108 Å². The molecule has 198 valence electrons. The van der Waals surface area contributed by atoms with Crippen LogP contribution >= 0.6 is 22.9 Å². The zero-order valence-electron chi connectivity index (χ0n) is 21.2. The Hall–Kier alpha value is -3.49. The molecule has 0 spiro atoms. The first-order valence-corrected chi connectivity index (χ1v) is 13.5. The van der Waals surface area contributed by atoms with E-state index in [4.69, 9.17) is 21.1 Å². The van der Waals surface area contributed by atoms with Gasteiger partial charge in [-0.05, 0) is 49.2 Å². The third kappa shape index (κ3) is 5.81. The van der Waals surface area contributed by atoms with E-state index < -0.39 is 23.4 Å². The van der Waals surface area contributed by atoms with Gasteiger partial charge in [0, 0.05) is 5.56 Å². The van der Waals surface area contributed by atoms with Gasteiger partial charge in [-0.15, -0.1) is 0 Å². The minimum atomic E-state index is -0.795. The van der Waals surface area contributed by atoms with Crippen molar-refractivity contribution in [3.8, 4) is 5.75 Å². The number of rotatable bonds is 10. The standard InChI is InChI=1S/C29H28ClFN2O4S/c1-4-6-7-16-36-20-13-11-19(12-14-20)26-25(28(35)37-15-5-2)18(3)32-29-33(26)27(34)24(38-29)17-21-22(30)9-8-10-23(21)31/h5,8-14,17,26H,2,4,6-7,15-16H2,1,3H3. The summed E-state index contributed by atoms with van der Waals surface area (Å²) in [4.78, 5) is 31.7. The van der Waals surface area contributed by atoms with Crippen LogP contribution in [0, 0.1) is 5.82 Å². The van der Waals surface area contributed by atoms with Gasteiger partial charge in [0.1, 0.15) is 18.2 Å². The summed E-state index contributed by atoms with van der Waals surface area (Å²) in [7, 11) is 0. The Kier molecular flexibility index (Phi) is 8.97. The molecule has 1 aliphatic heterocycles. The van der Waals surface area contributed by atoms with Gasteiger partial charge in [-0.3, -0.25) is 9.36 Å². The van der Waals surface area contributed by atoms with Crippen LogP contribution in [-0.2, 0) is 9.53 Å². The monoisotopic (exact) mass is 554 g/mol. The molecule has 0 aliphatic carbocycles. The molecule has 2 heterocycles. The number of halogens is 2. The molecule has 0 fully saturated rings. The van der Waals surface area contributed by atoms with Crippen molar-refractivity contribution in [1.82, 2.24) is 4.57 Å². The number of hydrogen-bond donors (Lipinski definition) is 0. The maximum atomic E-state index is 14.5. The fraction of sp³-hybridized carbons (Fsp3) is 0.276. The molecule has 1 unspecified atom stereocenters. The van der Waals surface area contributed by atoms with Gasteiger partial charge in [0.15, 0.2) is 4.80 Å². The van der Waals surface area contributed by atoms with Gasteiger partial charge >= 0.3 is 5.97 Å². The second-order valence-electron chi connectivity index (χ2n) is 8.73. The number of aromatic nitrogens is 1. The van der Waals surface area contributed by atoms with Gasteiger partial charge in [0.25, 0.3) is 5.56 Å². The maximum absolute atomic E-state index is 14.5. The summed E-state index contributed by atoms with van der Waals surface area (Å²) in [6.07, 6.45) is 6.04. The highest BCUT2D eigenvalue weighted by molar-refractivity contribution is 7.07. The molecule has 0 bridgehead atoms. The van der Waals surface area contributed by atoms with E-state index in [2.05, 4.69) is 18.5 Å². The Morgan fingerprint density at radius 3 is 2.68 bits per heavy atom. The highest BCUT2D eigenvalue weighted by atomic mass is 35.5. The third-order valence-corrected chi connectivity index (χ3v) is 7.37. The molecule has 1 aliphatic rings. The number of fused-ring (bicyclic) bond motifs is 1. The Bertz CT molecular complexity index is 1540. The summed E-state index contributed by atoms with van der Waals surface area (Å²) in [6, 6.07) is 10.8. The number of nitrogens with zero attached hydrogens (tertiary/aromatic N) is 2. The number of esters is 1. The first-order valence-electron chi connectivity index (χ1n) is 12.3. The van der Waals surface area contributed by atoms with Crippen molar-refractivity contribution in [2.24, 2.45) is 4.99 Å². The van der Waals surface area contributed by atoms with Gasteiger partial charge in [0.2, 0.25) is 0 Å². The van der Waals surface area contributed by atoms with Crippen molar-refractivity contribution in [3.63, 3.8) is 0 Å². The zero-order chi connectivity index (χ0) is 27.2. The lowest BCUT2D eigenvalue weighted by Crippen LogP contribution is -2.40. The number of carbonyl (C=O) groups excluding carboxylic acids is 1. The van der Waals surface area contributed by atoms with Crippen LogP contribution in [0.2, 0.25) is 5.02 Å². The van der Waals surface area contributed by atoms with E-state index in [-0.39, 0.29) is 27.3 Å². The Labute approximate surface area is 229 Å². The largest absolute Gasteiger partial charge is 0.494 e. The second kappa shape index (κ2) is 12.4. The smallest absolute Gasteiger partial charge is 0.338 e.